The van der Waals surface area contributed by atoms with Crippen molar-refractivity contribution in [1.82, 2.24) is 10.3 Å². The summed E-state index contributed by atoms with van der Waals surface area (Å²) in [4.78, 5) is 17.2. The molecule has 0 saturated carbocycles. The predicted molar refractivity (Wildman–Crippen MR) is 96.7 cm³/mol. The van der Waals surface area contributed by atoms with E-state index in [1.807, 2.05) is 49.4 Å². The molecule has 124 valence electrons. The molecule has 0 aliphatic carbocycles. The number of hydrogen-bond donors (Lipinski definition) is 1. The van der Waals surface area contributed by atoms with Gasteiger partial charge < -0.3 is 10.1 Å². The SMILES string of the molecule is CCOc1ccccc1CNC(=O)C1=CCC(c2ccncc2)S1. The lowest BCUT2D eigenvalue weighted by atomic mass is 10.1. The van der Waals surface area contributed by atoms with E-state index < -0.39 is 0 Å². The Labute approximate surface area is 146 Å². The first kappa shape index (κ1) is 16.6. The normalized spacial score (nSPS) is 16.5. The molecule has 1 atom stereocenters. The summed E-state index contributed by atoms with van der Waals surface area (Å²) in [5.74, 6) is 0.797. The molecule has 0 bridgehead atoms. The number of nitrogens with zero attached hydrogens (tertiary/aromatic N) is 1. The molecule has 3 rings (SSSR count). The summed E-state index contributed by atoms with van der Waals surface area (Å²) in [5, 5.41) is 3.29. The lowest BCUT2D eigenvalue weighted by Crippen LogP contribution is -2.23. The van der Waals surface area contributed by atoms with Crippen LogP contribution in [0.15, 0.2) is 59.8 Å². The minimum atomic E-state index is -0.0251. The fraction of sp³-hybridized carbons (Fsp3) is 0.263. The number of para-hydroxylation sites is 1. The second-order valence-corrected chi connectivity index (χ2v) is 6.66. The van der Waals surface area contributed by atoms with Crippen molar-refractivity contribution in [2.45, 2.75) is 25.1 Å². The van der Waals surface area contributed by atoms with E-state index in [1.165, 1.54) is 5.56 Å². The highest BCUT2D eigenvalue weighted by Crippen LogP contribution is 2.43. The molecule has 0 saturated heterocycles. The second kappa shape index (κ2) is 8.02. The summed E-state index contributed by atoms with van der Waals surface area (Å²) in [6.45, 7) is 3.03. The van der Waals surface area contributed by atoms with Crippen LogP contribution in [-0.4, -0.2) is 17.5 Å². The number of carbonyl (C=O) groups excluding carboxylic acids is 1. The van der Waals surface area contributed by atoms with Crippen LogP contribution in [0, 0.1) is 0 Å². The Kier molecular flexibility index (Phi) is 5.54. The van der Waals surface area contributed by atoms with Crippen molar-refractivity contribution in [2.24, 2.45) is 0 Å². The van der Waals surface area contributed by atoms with Crippen LogP contribution in [0.2, 0.25) is 0 Å². The van der Waals surface area contributed by atoms with Gasteiger partial charge in [-0.1, -0.05) is 24.3 Å². The standard InChI is InChI=1S/C19H20N2O2S/c1-2-23-16-6-4-3-5-15(16)13-21-19(22)18-8-7-17(24-18)14-9-11-20-12-10-14/h3-6,8-12,17H,2,7,13H2,1H3,(H,21,22). The number of thioether (sulfide) groups is 1. The highest BCUT2D eigenvalue weighted by molar-refractivity contribution is 8.04. The van der Waals surface area contributed by atoms with Crippen LogP contribution in [0.25, 0.3) is 0 Å². The summed E-state index contributed by atoms with van der Waals surface area (Å²) in [5.41, 5.74) is 2.19. The van der Waals surface area contributed by atoms with Gasteiger partial charge in [0.05, 0.1) is 11.5 Å². The highest BCUT2D eigenvalue weighted by atomic mass is 32.2. The van der Waals surface area contributed by atoms with E-state index in [2.05, 4.69) is 10.3 Å². The number of amides is 1. The molecule has 1 unspecified atom stereocenters. The van der Waals surface area contributed by atoms with E-state index in [0.29, 0.717) is 18.4 Å². The third-order valence-corrected chi connectivity index (χ3v) is 5.16. The van der Waals surface area contributed by atoms with Crippen LogP contribution in [0.5, 0.6) is 5.75 Å². The molecule has 1 N–H and O–H groups in total. The second-order valence-electron chi connectivity index (χ2n) is 5.41. The molecule has 0 spiro atoms. The molecule has 5 heteroatoms. The van der Waals surface area contributed by atoms with Gasteiger partial charge in [-0.3, -0.25) is 9.78 Å². The number of pyridine rings is 1. The summed E-state index contributed by atoms with van der Waals surface area (Å²) in [7, 11) is 0. The molecule has 2 heterocycles. The van der Waals surface area contributed by atoms with Crippen LogP contribution >= 0.6 is 11.8 Å². The molecule has 1 amide bonds. The first-order valence-corrected chi connectivity index (χ1v) is 8.91. The van der Waals surface area contributed by atoms with E-state index in [1.54, 1.807) is 24.2 Å². The molecule has 0 radical (unpaired) electrons. The van der Waals surface area contributed by atoms with Gasteiger partial charge in [0.15, 0.2) is 0 Å². The largest absolute Gasteiger partial charge is 0.494 e. The lowest BCUT2D eigenvalue weighted by Gasteiger charge is -2.12. The number of ether oxygens (including phenoxy) is 1. The zero-order valence-electron chi connectivity index (χ0n) is 13.6. The quantitative estimate of drug-likeness (QED) is 0.867. The van der Waals surface area contributed by atoms with Gasteiger partial charge in [0.2, 0.25) is 0 Å². The molecule has 24 heavy (non-hydrogen) atoms. The first-order chi connectivity index (χ1) is 11.8. The average molecular weight is 340 g/mol. The van der Waals surface area contributed by atoms with Crippen LogP contribution in [0.1, 0.15) is 29.7 Å². The van der Waals surface area contributed by atoms with Crippen molar-refractivity contribution in [3.8, 4) is 5.75 Å². The molecule has 1 aromatic carbocycles. The molecular weight excluding hydrogens is 320 g/mol. The minimum absolute atomic E-state index is 0.0251. The monoisotopic (exact) mass is 340 g/mol. The van der Waals surface area contributed by atoms with E-state index in [-0.39, 0.29) is 5.91 Å². The summed E-state index contributed by atoms with van der Waals surface area (Å²) < 4.78 is 5.59. The van der Waals surface area contributed by atoms with Gasteiger partial charge in [0, 0.05) is 29.8 Å². The minimum Gasteiger partial charge on any atom is -0.494 e. The molecule has 1 aromatic heterocycles. The lowest BCUT2D eigenvalue weighted by molar-refractivity contribution is -0.116. The molecule has 2 aromatic rings. The van der Waals surface area contributed by atoms with Crippen molar-refractivity contribution >= 4 is 17.7 Å². The van der Waals surface area contributed by atoms with E-state index in [0.717, 1.165) is 22.6 Å². The number of benzene rings is 1. The van der Waals surface area contributed by atoms with Gasteiger partial charge in [0.25, 0.3) is 5.91 Å². The highest BCUT2D eigenvalue weighted by Gasteiger charge is 2.23. The van der Waals surface area contributed by atoms with Crippen molar-refractivity contribution < 1.29 is 9.53 Å². The number of nitrogens with one attached hydrogen (secondary N) is 1. The van der Waals surface area contributed by atoms with Crippen molar-refractivity contribution in [3.63, 3.8) is 0 Å². The Morgan fingerprint density at radius 1 is 1.29 bits per heavy atom. The Hall–Kier alpha value is -2.27. The van der Waals surface area contributed by atoms with Crippen LogP contribution < -0.4 is 10.1 Å². The first-order valence-electron chi connectivity index (χ1n) is 8.03. The fourth-order valence-electron chi connectivity index (χ4n) is 2.60. The van der Waals surface area contributed by atoms with Gasteiger partial charge >= 0.3 is 0 Å². The summed E-state index contributed by atoms with van der Waals surface area (Å²) >= 11 is 1.61. The zero-order chi connectivity index (χ0) is 16.8. The molecule has 0 fully saturated rings. The zero-order valence-corrected chi connectivity index (χ0v) is 14.4. The Bertz CT molecular complexity index is 731. The maximum absolute atomic E-state index is 12.4. The number of carbonyl (C=O) groups is 1. The summed E-state index contributed by atoms with van der Waals surface area (Å²) in [6.07, 6.45) is 6.46. The van der Waals surface area contributed by atoms with Gasteiger partial charge in [-0.2, -0.15) is 0 Å². The van der Waals surface area contributed by atoms with Gasteiger partial charge in [0.1, 0.15) is 5.75 Å². The maximum atomic E-state index is 12.4. The van der Waals surface area contributed by atoms with E-state index in [9.17, 15) is 4.79 Å². The van der Waals surface area contributed by atoms with Crippen molar-refractivity contribution in [3.05, 3.63) is 70.9 Å². The number of rotatable bonds is 6. The third kappa shape index (κ3) is 3.97. The fourth-order valence-corrected chi connectivity index (χ4v) is 3.76. The molecule has 4 nitrogen and oxygen atoms in total. The van der Waals surface area contributed by atoms with Gasteiger partial charge in [-0.25, -0.2) is 0 Å². The Morgan fingerprint density at radius 2 is 2.08 bits per heavy atom. The van der Waals surface area contributed by atoms with E-state index in [4.69, 9.17) is 4.74 Å². The van der Waals surface area contributed by atoms with Crippen LogP contribution in [-0.2, 0) is 11.3 Å². The molecular formula is C19H20N2O2S. The number of hydrogen-bond acceptors (Lipinski definition) is 4. The molecule has 1 aliphatic rings. The smallest absolute Gasteiger partial charge is 0.257 e. The topological polar surface area (TPSA) is 51.2 Å². The van der Waals surface area contributed by atoms with Crippen molar-refractivity contribution in [2.75, 3.05) is 6.61 Å². The maximum Gasteiger partial charge on any atom is 0.257 e. The predicted octanol–water partition coefficient (Wildman–Crippen LogP) is 3.86. The third-order valence-electron chi connectivity index (χ3n) is 3.80. The van der Waals surface area contributed by atoms with Crippen LogP contribution in [0.3, 0.4) is 0 Å². The van der Waals surface area contributed by atoms with E-state index >= 15 is 0 Å². The van der Waals surface area contributed by atoms with Crippen molar-refractivity contribution in [1.29, 1.82) is 0 Å². The molecule has 1 aliphatic heterocycles. The summed E-state index contributed by atoms with van der Waals surface area (Å²) in [6, 6.07) is 11.8. The Morgan fingerprint density at radius 3 is 2.88 bits per heavy atom. The van der Waals surface area contributed by atoms with Gasteiger partial charge in [-0.15, -0.1) is 11.8 Å². The Balaban J connectivity index is 1.57. The van der Waals surface area contributed by atoms with Crippen LogP contribution in [0.4, 0.5) is 0 Å². The average Bonchev–Trinajstić information content (AvgIpc) is 3.12. The number of allylic oxidation sites excluding steroid dienone is 1. The number of aromatic nitrogens is 1. The van der Waals surface area contributed by atoms with Gasteiger partial charge in [-0.05, 0) is 37.1 Å².